The van der Waals surface area contributed by atoms with Crippen LogP contribution >= 0.6 is 0 Å². The first kappa shape index (κ1) is 10.3. The van der Waals surface area contributed by atoms with Gasteiger partial charge in [-0.2, -0.15) is 0 Å². The molecule has 2 heterocycles. The first-order chi connectivity index (χ1) is 6.34. The Balaban J connectivity index is 2.23. The van der Waals surface area contributed by atoms with Crippen LogP contribution in [0.4, 0.5) is 0 Å². The van der Waals surface area contributed by atoms with Gasteiger partial charge >= 0.3 is 0 Å². The summed E-state index contributed by atoms with van der Waals surface area (Å²) in [7, 11) is 0. The lowest BCUT2D eigenvalue weighted by Gasteiger charge is -2.38. The maximum absolute atomic E-state index is 9.71. The van der Waals surface area contributed by atoms with Gasteiger partial charge in [-0.05, 0) is 20.8 Å². The fraction of sp³-hybridized carbons (Fsp3) is 1.00. The summed E-state index contributed by atoms with van der Waals surface area (Å²) in [4.78, 5) is 0. The molecule has 2 aliphatic heterocycles. The molecule has 82 valence electrons. The standard InChI is InChI=1S/C9H16O5/c1-8(2)13-7-6(11)5(10)4-12-9(7,3)14-8/h5-7,10-11H,4H2,1-3H3/t5-,6-,7+,9+/m1/s1. The Hall–Kier alpha value is -0.200. The molecule has 2 N–H and O–H groups in total. The molecule has 0 spiro atoms. The second-order valence-corrected chi connectivity index (χ2v) is 4.43. The van der Waals surface area contributed by atoms with Crippen molar-refractivity contribution in [1.29, 1.82) is 0 Å². The number of ether oxygens (including phenoxy) is 3. The monoisotopic (exact) mass is 204 g/mol. The summed E-state index contributed by atoms with van der Waals surface area (Å²) in [6, 6.07) is 0. The topological polar surface area (TPSA) is 68.2 Å². The fourth-order valence-corrected chi connectivity index (χ4v) is 2.03. The van der Waals surface area contributed by atoms with E-state index in [0.29, 0.717) is 0 Å². The molecule has 2 rings (SSSR count). The Morgan fingerprint density at radius 2 is 1.86 bits per heavy atom. The van der Waals surface area contributed by atoms with E-state index in [1.807, 2.05) is 0 Å². The van der Waals surface area contributed by atoms with Gasteiger partial charge in [-0.25, -0.2) is 0 Å². The zero-order chi connectivity index (χ0) is 10.6. The van der Waals surface area contributed by atoms with Gasteiger partial charge in [0.25, 0.3) is 0 Å². The highest BCUT2D eigenvalue weighted by Gasteiger charge is 2.58. The third-order valence-electron chi connectivity index (χ3n) is 2.62. The molecule has 0 radical (unpaired) electrons. The number of hydrogen-bond acceptors (Lipinski definition) is 5. The predicted octanol–water partition coefficient (Wildman–Crippen LogP) is -0.394. The average Bonchev–Trinajstić information content (AvgIpc) is 2.30. The molecule has 0 aliphatic carbocycles. The van der Waals surface area contributed by atoms with E-state index in [4.69, 9.17) is 14.2 Å². The SMILES string of the molecule is CC1(C)O[C@H]2[C@H](O)[C@H](O)CO[C@@]2(C)O1. The Bertz CT molecular complexity index is 241. The van der Waals surface area contributed by atoms with Crippen LogP contribution < -0.4 is 0 Å². The van der Waals surface area contributed by atoms with Crippen molar-refractivity contribution >= 4 is 0 Å². The summed E-state index contributed by atoms with van der Waals surface area (Å²) in [5.74, 6) is -1.74. The van der Waals surface area contributed by atoms with E-state index in [2.05, 4.69) is 0 Å². The lowest BCUT2D eigenvalue weighted by atomic mass is 9.98. The van der Waals surface area contributed by atoms with Gasteiger partial charge in [-0.3, -0.25) is 0 Å². The van der Waals surface area contributed by atoms with Crippen molar-refractivity contribution in [2.45, 2.75) is 50.7 Å². The van der Waals surface area contributed by atoms with Gasteiger partial charge in [0.1, 0.15) is 18.3 Å². The largest absolute Gasteiger partial charge is 0.388 e. The molecule has 2 aliphatic rings. The van der Waals surface area contributed by atoms with E-state index in [9.17, 15) is 10.2 Å². The number of fused-ring (bicyclic) bond motifs is 1. The van der Waals surface area contributed by atoms with Crippen molar-refractivity contribution in [3.8, 4) is 0 Å². The van der Waals surface area contributed by atoms with Crippen LogP contribution in [0.3, 0.4) is 0 Å². The number of aliphatic hydroxyl groups excluding tert-OH is 2. The van der Waals surface area contributed by atoms with Gasteiger partial charge in [0, 0.05) is 0 Å². The van der Waals surface area contributed by atoms with Gasteiger partial charge < -0.3 is 24.4 Å². The molecule has 2 saturated heterocycles. The van der Waals surface area contributed by atoms with Gasteiger partial charge in [0.05, 0.1) is 6.61 Å². The summed E-state index contributed by atoms with van der Waals surface area (Å²) in [5, 5.41) is 19.1. The van der Waals surface area contributed by atoms with Crippen molar-refractivity contribution < 1.29 is 24.4 Å². The molecule has 0 aromatic heterocycles. The van der Waals surface area contributed by atoms with Crippen LogP contribution in [-0.4, -0.2) is 46.7 Å². The Labute approximate surface area is 82.6 Å². The van der Waals surface area contributed by atoms with E-state index in [-0.39, 0.29) is 6.61 Å². The Morgan fingerprint density at radius 1 is 1.21 bits per heavy atom. The smallest absolute Gasteiger partial charge is 0.197 e. The third kappa shape index (κ3) is 1.45. The van der Waals surface area contributed by atoms with E-state index in [1.54, 1.807) is 20.8 Å². The second kappa shape index (κ2) is 2.90. The maximum Gasteiger partial charge on any atom is 0.197 e. The number of rotatable bonds is 0. The minimum atomic E-state index is -0.962. The van der Waals surface area contributed by atoms with Crippen LogP contribution in [-0.2, 0) is 14.2 Å². The van der Waals surface area contributed by atoms with Crippen LogP contribution in [0, 0.1) is 0 Å². The van der Waals surface area contributed by atoms with Crippen molar-refractivity contribution in [3.05, 3.63) is 0 Å². The molecule has 4 atom stereocenters. The second-order valence-electron chi connectivity index (χ2n) is 4.43. The molecule has 0 bridgehead atoms. The highest BCUT2D eigenvalue weighted by atomic mass is 16.8. The van der Waals surface area contributed by atoms with Crippen LogP contribution in [0.25, 0.3) is 0 Å². The van der Waals surface area contributed by atoms with Crippen molar-refractivity contribution in [2.24, 2.45) is 0 Å². The average molecular weight is 204 g/mol. The van der Waals surface area contributed by atoms with E-state index < -0.39 is 29.9 Å². The zero-order valence-electron chi connectivity index (χ0n) is 8.56. The quantitative estimate of drug-likeness (QED) is 0.562. The van der Waals surface area contributed by atoms with E-state index in [0.717, 1.165) is 0 Å². The first-order valence-electron chi connectivity index (χ1n) is 4.72. The molecule has 0 aromatic carbocycles. The highest BCUT2D eigenvalue weighted by molar-refractivity contribution is 4.96. The summed E-state index contributed by atoms with van der Waals surface area (Å²) < 4.78 is 16.4. The summed E-state index contributed by atoms with van der Waals surface area (Å²) >= 11 is 0. The van der Waals surface area contributed by atoms with Gasteiger partial charge in [0.2, 0.25) is 0 Å². The zero-order valence-corrected chi connectivity index (χ0v) is 8.56. The van der Waals surface area contributed by atoms with Crippen molar-refractivity contribution in [2.75, 3.05) is 6.61 Å². The highest BCUT2D eigenvalue weighted by Crippen LogP contribution is 2.41. The molecule has 2 fully saturated rings. The minimum absolute atomic E-state index is 0.0631. The van der Waals surface area contributed by atoms with Gasteiger partial charge in [0.15, 0.2) is 11.6 Å². The van der Waals surface area contributed by atoms with E-state index >= 15 is 0 Å². The molecule has 0 unspecified atom stereocenters. The lowest BCUT2D eigenvalue weighted by molar-refractivity contribution is -0.282. The van der Waals surface area contributed by atoms with Gasteiger partial charge in [-0.15, -0.1) is 0 Å². The molecular weight excluding hydrogens is 188 g/mol. The maximum atomic E-state index is 9.71. The Kier molecular flexibility index (Phi) is 2.14. The summed E-state index contributed by atoms with van der Waals surface area (Å²) in [6.45, 7) is 5.27. The van der Waals surface area contributed by atoms with E-state index in [1.165, 1.54) is 0 Å². The summed E-state index contributed by atoms with van der Waals surface area (Å²) in [6.07, 6.45) is -2.51. The molecule has 0 aromatic rings. The summed E-state index contributed by atoms with van der Waals surface area (Å²) in [5.41, 5.74) is 0. The lowest BCUT2D eigenvalue weighted by Crippen LogP contribution is -2.57. The minimum Gasteiger partial charge on any atom is -0.388 e. The first-order valence-corrected chi connectivity index (χ1v) is 4.72. The predicted molar refractivity (Wildman–Crippen MR) is 46.4 cm³/mol. The molecule has 5 nitrogen and oxygen atoms in total. The van der Waals surface area contributed by atoms with Crippen molar-refractivity contribution in [3.63, 3.8) is 0 Å². The molecule has 5 heteroatoms. The number of aliphatic hydroxyl groups is 2. The normalized spacial score (nSPS) is 51.6. The van der Waals surface area contributed by atoms with Crippen LogP contribution in [0.1, 0.15) is 20.8 Å². The third-order valence-corrected chi connectivity index (χ3v) is 2.62. The molecule has 0 saturated carbocycles. The van der Waals surface area contributed by atoms with Crippen LogP contribution in [0.15, 0.2) is 0 Å². The molecule has 0 amide bonds. The van der Waals surface area contributed by atoms with Gasteiger partial charge in [-0.1, -0.05) is 0 Å². The number of hydrogen-bond donors (Lipinski definition) is 2. The van der Waals surface area contributed by atoms with Crippen LogP contribution in [0.5, 0.6) is 0 Å². The molecular formula is C9H16O5. The Morgan fingerprint density at radius 3 is 2.50 bits per heavy atom. The fourth-order valence-electron chi connectivity index (χ4n) is 2.03. The van der Waals surface area contributed by atoms with Crippen molar-refractivity contribution in [1.82, 2.24) is 0 Å². The molecule has 14 heavy (non-hydrogen) atoms. The van der Waals surface area contributed by atoms with Crippen LogP contribution in [0.2, 0.25) is 0 Å².